The highest BCUT2D eigenvalue weighted by Gasteiger charge is 2.15. The number of hydrogen-bond donors (Lipinski definition) is 2. The Hall–Kier alpha value is -1.01. The number of carbonyl (C=O) groups is 1. The maximum absolute atomic E-state index is 10.3. The van der Waals surface area contributed by atoms with E-state index in [1.807, 2.05) is 6.92 Å². The number of nitrogens with two attached hydrogens (primary N) is 1. The van der Waals surface area contributed by atoms with Crippen LogP contribution in [0.2, 0.25) is 10.0 Å². The molecule has 0 aromatic heterocycles. The molecule has 0 fully saturated rings. The normalized spacial score (nSPS) is 12.2. The average Bonchev–Trinajstić information content (AvgIpc) is 2.33. The van der Waals surface area contributed by atoms with Crippen LogP contribution in [-0.4, -0.2) is 30.9 Å². The summed E-state index contributed by atoms with van der Waals surface area (Å²) in [5.74, 6) is -0.570. The molecular formula is C12H15Cl2NO4. The van der Waals surface area contributed by atoms with E-state index in [0.717, 1.165) is 0 Å². The van der Waals surface area contributed by atoms with Crippen LogP contribution in [0.25, 0.3) is 0 Å². The van der Waals surface area contributed by atoms with Gasteiger partial charge >= 0.3 is 5.97 Å². The molecule has 1 aromatic rings. The molecule has 3 N–H and O–H groups in total. The van der Waals surface area contributed by atoms with Crippen LogP contribution in [0.3, 0.4) is 0 Å². The number of ether oxygens (including phenoxy) is 2. The second kappa shape index (κ2) is 7.55. The van der Waals surface area contributed by atoms with Crippen LogP contribution in [0.4, 0.5) is 0 Å². The molecule has 0 saturated heterocycles. The summed E-state index contributed by atoms with van der Waals surface area (Å²) in [5.41, 5.74) is 6.46. The van der Waals surface area contributed by atoms with E-state index in [-0.39, 0.29) is 6.61 Å². The van der Waals surface area contributed by atoms with Gasteiger partial charge in [0.25, 0.3) is 0 Å². The van der Waals surface area contributed by atoms with Crippen LogP contribution in [0.5, 0.6) is 5.75 Å². The van der Waals surface area contributed by atoms with E-state index >= 15 is 0 Å². The lowest BCUT2D eigenvalue weighted by Gasteiger charge is -2.15. The summed E-state index contributed by atoms with van der Waals surface area (Å²) in [6.45, 7) is 1.94. The largest absolute Gasteiger partial charge is 0.492 e. The lowest BCUT2D eigenvalue weighted by molar-refractivity contribution is -0.142. The molecule has 0 aliphatic rings. The Labute approximate surface area is 121 Å². The zero-order valence-electron chi connectivity index (χ0n) is 10.4. The fraction of sp³-hybridized carbons (Fsp3) is 0.417. The summed E-state index contributed by atoms with van der Waals surface area (Å²) in [6, 6.07) is 2.63. The van der Waals surface area contributed by atoms with Crippen molar-refractivity contribution in [2.45, 2.75) is 13.0 Å². The highest BCUT2D eigenvalue weighted by molar-refractivity contribution is 6.34. The molecule has 19 heavy (non-hydrogen) atoms. The van der Waals surface area contributed by atoms with Crippen molar-refractivity contribution in [3.8, 4) is 5.75 Å². The van der Waals surface area contributed by atoms with Gasteiger partial charge in [0.15, 0.2) is 0 Å². The molecule has 0 aliphatic carbocycles. The quantitative estimate of drug-likeness (QED) is 0.809. The Balaban J connectivity index is 2.77. The maximum atomic E-state index is 10.3. The Morgan fingerprint density at radius 2 is 2.11 bits per heavy atom. The minimum Gasteiger partial charge on any atom is -0.492 e. The van der Waals surface area contributed by atoms with Crippen LogP contribution in [0.1, 0.15) is 18.5 Å². The molecule has 1 aromatic carbocycles. The van der Waals surface area contributed by atoms with Gasteiger partial charge in [-0.2, -0.15) is 0 Å². The van der Waals surface area contributed by atoms with Crippen molar-refractivity contribution in [2.75, 3.05) is 19.8 Å². The molecule has 0 bridgehead atoms. The van der Waals surface area contributed by atoms with Crippen molar-refractivity contribution in [3.05, 3.63) is 27.7 Å². The van der Waals surface area contributed by atoms with Gasteiger partial charge < -0.3 is 20.3 Å². The number of aliphatic carboxylic acids is 1. The summed E-state index contributed by atoms with van der Waals surface area (Å²) >= 11 is 12.1. The molecule has 0 heterocycles. The van der Waals surface area contributed by atoms with E-state index < -0.39 is 18.6 Å². The van der Waals surface area contributed by atoms with Gasteiger partial charge in [-0.25, -0.2) is 4.79 Å². The fourth-order valence-electron chi connectivity index (χ4n) is 1.46. The molecule has 7 heteroatoms. The van der Waals surface area contributed by atoms with Crippen molar-refractivity contribution < 1.29 is 19.4 Å². The third-order valence-corrected chi connectivity index (χ3v) is 2.90. The zero-order chi connectivity index (χ0) is 14.4. The number of hydrogen-bond acceptors (Lipinski definition) is 4. The molecule has 5 nitrogen and oxygen atoms in total. The van der Waals surface area contributed by atoms with Crippen molar-refractivity contribution in [3.63, 3.8) is 0 Å². The van der Waals surface area contributed by atoms with Crippen LogP contribution >= 0.6 is 23.2 Å². The minimum absolute atomic E-state index is 0.0380. The number of carboxylic acids is 1. The maximum Gasteiger partial charge on any atom is 0.329 e. The van der Waals surface area contributed by atoms with Crippen LogP contribution in [-0.2, 0) is 9.53 Å². The fourth-order valence-corrected chi connectivity index (χ4v) is 1.98. The van der Waals surface area contributed by atoms with Gasteiger partial charge in [-0.05, 0) is 18.6 Å². The third-order valence-electron chi connectivity index (χ3n) is 2.27. The van der Waals surface area contributed by atoms with E-state index in [2.05, 4.69) is 0 Å². The van der Waals surface area contributed by atoms with Gasteiger partial charge in [0.05, 0.1) is 24.3 Å². The molecule has 0 spiro atoms. The highest BCUT2D eigenvalue weighted by atomic mass is 35.5. The van der Waals surface area contributed by atoms with Crippen molar-refractivity contribution >= 4 is 29.2 Å². The number of rotatable bonds is 7. The molecule has 0 aliphatic heterocycles. The second-order valence-corrected chi connectivity index (χ2v) is 4.57. The summed E-state index contributed by atoms with van der Waals surface area (Å²) in [7, 11) is 0. The van der Waals surface area contributed by atoms with E-state index in [1.165, 1.54) is 0 Å². The second-order valence-electron chi connectivity index (χ2n) is 3.75. The van der Waals surface area contributed by atoms with Gasteiger partial charge in [-0.1, -0.05) is 23.2 Å². The zero-order valence-corrected chi connectivity index (χ0v) is 11.9. The van der Waals surface area contributed by atoms with Crippen molar-refractivity contribution in [2.24, 2.45) is 5.73 Å². The summed E-state index contributed by atoms with van der Waals surface area (Å²) < 4.78 is 10.2. The predicted molar refractivity (Wildman–Crippen MR) is 73.0 cm³/mol. The molecule has 0 saturated carbocycles. The Morgan fingerprint density at radius 3 is 2.68 bits per heavy atom. The van der Waals surface area contributed by atoms with Crippen molar-refractivity contribution in [1.82, 2.24) is 0 Å². The van der Waals surface area contributed by atoms with E-state index in [1.54, 1.807) is 12.1 Å². The van der Waals surface area contributed by atoms with Gasteiger partial charge in [-0.3, -0.25) is 0 Å². The van der Waals surface area contributed by atoms with E-state index in [4.69, 9.17) is 43.5 Å². The van der Waals surface area contributed by atoms with Gasteiger partial charge in [-0.15, -0.1) is 0 Å². The first-order valence-electron chi connectivity index (χ1n) is 5.62. The van der Waals surface area contributed by atoms with E-state index in [0.29, 0.717) is 28.0 Å². The Morgan fingerprint density at radius 1 is 1.42 bits per heavy atom. The summed E-state index contributed by atoms with van der Waals surface area (Å²) in [6.07, 6.45) is 0. The van der Waals surface area contributed by atoms with E-state index in [9.17, 15) is 4.79 Å². The van der Waals surface area contributed by atoms with Gasteiger partial charge in [0.1, 0.15) is 12.4 Å². The van der Waals surface area contributed by atoms with Crippen LogP contribution in [0, 0.1) is 0 Å². The topological polar surface area (TPSA) is 81.8 Å². The molecule has 0 radical (unpaired) electrons. The summed E-state index contributed by atoms with van der Waals surface area (Å²) in [5, 5.41) is 9.26. The smallest absolute Gasteiger partial charge is 0.329 e. The molecule has 1 rings (SSSR count). The predicted octanol–water partition coefficient (Wildman–Crippen LogP) is 2.49. The highest BCUT2D eigenvalue weighted by Crippen LogP contribution is 2.33. The molecule has 0 amide bonds. The van der Waals surface area contributed by atoms with Gasteiger partial charge in [0, 0.05) is 11.1 Å². The summed E-state index contributed by atoms with van der Waals surface area (Å²) in [4.78, 5) is 10.3. The standard InChI is InChI=1S/C12H15Cl2NO4/c1-2-19-11-4-8(13)7(3-9(11)14)10(15)5-18-6-12(16)17/h3-4,10H,2,5-6,15H2,1H3,(H,16,17). The van der Waals surface area contributed by atoms with Crippen LogP contribution in [0.15, 0.2) is 12.1 Å². The Bertz CT molecular complexity index is 454. The first kappa shape index (κ1) is 16.0. The molecule has 1 atom stereocenters. The first-order chi connectivity index (χ1) is 8.95. The minimum atomic E-state index is -1.05. The van der Waals surface area contributed by atoms with Crippen molar-refractivity contribution in [1.29, 1.82) is 0 Å². The molecular weight excluding hydrogens is 293 g/mol. The van der Waals surface area contributed by atoms with Crippen LogP contribution < -0.4 is 10.5 Å². The lowest BCUT2D eigenvalue weighted by atomic mass is 10.1. The monoisotopic (exact) mass is 307 g/mol. The molecule has 106 valence electrons. The number of halogens is 2. The van der Waals surface area contributed by atoms with Gasteiger partial charge in [0.2, 0.25) is 0 Å². The SMILES string of the molecule is CCOc1cc(Cl)c(C(N)COCC(=O)O)cc1Cl. The number of carboxylic acid groups (broad SMARTS) is 1. The molecule has 1 unspecified atom stereocenters. The average molecular weight is 308 g/mol. The lowest BCUT2D eigenvalue weighted by Crippen LogP contribution is -2.20. The number of benzene rings is 1. The third kappa shape index (κ3) is 4.87. The first-order valence-corrected chi connectivity index (χ1v) is 6.38. The Kier molecular flexibility index (Phi) is 6.37.